The van der Waals surface area contributed by atoms with Crippen LogP contribution in [0, 0.1) is 0 Å². The summed E-state index contributed by atoms with van der Waals surface area (Å²) in [5.41, 5.74) is 1.05. The molecule has 0 aliphatic carbocycles. The number of hydrogen-bond donors (Lipinski definition) is 2. The number of carbonyl (C=O) groups is 1. The van der Waals surface area contributed by atoms with E-state index < -0.39 is 12.3 Å². The molecule has 2 aromatic rings. The van der Waals surface area contributed by atoms with Crippen molar-refractivity contribution in [2.75, 3.05) is 5.32 Å². The van der Waals surface area contributed by atoms with Gasteiger partial charge in [-0.15, -0.1) is 13.2 Å². The van der Waals surface area contributed by atoms with E-state index in [1.54, 1.807) is 12.1 Å². The Kier molecular flexibility index (Phi) is 4.90. The van der Waals surface area contributed by atoms with Gasteiger partial charge in [0.1, 0.15) is 11.5 Å². The van der Waals surface area contributed by atoms with Crippen molar-refractivity contribution < 1.29 is 27.8 Å². The number of hydrogen-bond acceptors (Lipinski definition) is 3. The minimum atomic E-state index is -4.75. The standard InChI is InChI=1S/C16H12F3NO3/c17-16(18,19)23-14-8-4-12(5-9-14)20-15(22)10-3-11-1-6-13(21)7-2-11/h1-10,21H,(H,20,22)/b10-3+. The molecule has 0 aromatic heterocycles. The molecule has 2 aromatic carbocycles. The van der Waals surface area contributed by atoms with E-state index in [-0.39, 0.29) is 11.5 Å². The molecular weight excluding hydrogens is 311 g/mol. The largest absolute Gasteiger partial charge is 0.573 e. The molecule has 120 valence electrons. The number of nitrogens with one attached hydrogen (secondary N) is 1. The maximum Gasteiger partial charge on any atom is 0.573 e. The number of benzene rings is 2. The molecule has 2 N–H and O–H groups in total. The first kappa shape index (κ1) is 16.4. The van der Waals surface area contributed by atoms with Crippen LogP contribution in [0.1, 0.15) is 5.56 Å². The van der Waals surface area contributed by atoms with Gasteiger partial charge in [0.15, 0.2) is 0 Å². The van der Waals surface area contributed by atoms with Crippen LogP contribution >= 0.6 is 0 Å². The van der Waals surface area contributed by atoms with Gasteiger partial charge in [0.2, 0.25) is 5.91 Å². The summed E-state index contributed by atoms with van der Waals surface area (Å²) in [4.78, 5) is 11.7. The highest BCUT2D eigenvalue weighted by atomic mass is 19.4. The maximum absolute atomic E-state index is 12.0. The fraction of sp³-hybridized carbons (Fsp3) is 0.0625. The molecular formula is C16H12F3NO3. The van der Waals surface area contributed by atoms with Crippen molar-refractivity contribution in [1.82, 2.24) is 0 Å². The Hall–Kier alpha value is -2.96. The molecule has 2 rings (SSSR count). The van der Waals surface area contributed by atoms with Gasteiger partial charge in [-0.25, -0.2) is 0 Å². The zero-order chi connectivity index (χ0) is 16.9. The van der Waals surface area contributed by atoms with E-state index in [1.807, 2.05) is 0 Å². The topological polar surface area (TPSA) is 58.6 Å². The normalized spacial score (nSPS) is 11.4. The maximum atomic E-state index is 12.0. The first-order valence-electron chi connectivity index (χ1n) is 6.46. The Morgan fingerprint density at radius 2 is 1.65 bits per heavy atom. The third-order valence-corrected chi connectivity index (χ3v) is 2.68. The monoisotopic (exact) mass is 323 g/mol. The van der Waals surface area contributed by atoms with Crippen molar-refractivity contribution in [1.29, 1.82) is 0 Å². The highest BCUT2D eigenvalue weighted by molar-refractivity contribution is 6.01. The molecule has 4 nitrogen and oxygen atoms in total. The van der Waals surface area contributed by atoms with Crippen molar-refractivity contribution in [3.05, 3.63) is 60.2 Å². The average Bonchev–Trinajstić information content (AvgIpc) is 2.47. The SMILES string of the molecule is O=C(/C=C/c1ccc(O)cc1)Nc1ccc(OC(F)(F)F)cc1. The van der Waals surface area contributed by atoms with Crippen LogP contribution in [0.3, 0.4) is 0 Å². The molecule has 0 radical (unpaired) electrons. The third kappa shape index (κ3) is 5.74. The molecule has 7 heteroatoms. The van der Waals surface area contributed by atoms with Gasteiger partial charge in [-0.05, 0) is 48.0 Å². The predicted molar refractivity (Wildman–Crippen MR) is 78.9 cm³/mol. The number of halogens is 3. The van der Waals surface area contributed by atoms with E-state index in [2.05, 4.69) is 10.1 Å². The number of alkyl halides is 3. The minimum Gasteiger partial charge on any atom is -0.508 e. The third-order valence-electron chi connectivity index (χ3n) is 2.68. The van der Waals surface area contributed by atoms with Gasteiger partial charge < -0.3 is 15.2 Å². The molecule has 23 heavy (non-hydrogen) atoms. The lowest BCUT2D eigenvalue weighted by atomic mass is 10.2. The molecule has 0 aliphatic heterocycles. The zero-order valence-electron chi connectivity index (χ0n) is 11.7. The fourth-order valence-corrected chi connectivity index (χ4v) is 1.68. The van der Waals surface area contributed by atoms with Gasteiger partial charge in [-0.2, -0.15) is 0 Å². The van der Waals surface area contributed by atoms with Gasteiger partial charge in [0, 0.05) is 11.8 Å². The quantitative estimate of drug-likeness (QED) is 0.838. The van der Waals surface area contributed by atoms with E-state index in [0.29, 0.717) is 11.3 Å². The Bertz CT molecular complexity index is 692. The summed E-state index contributed by atoms with van der Waals surface area (Å²) in [6.45, 7) is 0. The second-order valence-corrected chi connectivity index (χ2v) is 4.49. The number of aromatic hydroxyl groups is 1. The molecule has 0 heterocycles. The molecule has 0 saturated heterocycles. The highest BCUT2D eigenvalue weighted by Crippen LogP contribution is 2.23. The number of phenols is 1. The average molecular weight is 323 g/mol. The molecule has 0 unspecified atom stereocenters. The molecule has 0 spiro atoms. The van der Waals surface area contributed by atoms with Crippen LogP contribution < -0.4 is 10.1 Å². The first-order chi connectivity index (χ1) is 10.8. The zero-order valence-corrected chi connectivity index (χ0v) is 11.7. The van der Waals surface area contributed by atoms with Crippen LogP contribution in [0.25, 0.3) is 6.08 Å². The van der Waals surface area contributed by atoms with Crippen molar-refractivity contribution in [3.8, 4) is 11.5 Å². The van der Waals surface area contributed by atoms with Crippen LogP contribution in [-0.2, 0) is 4.79 Å². The van der Waals surface area contributed by atoms with Crippen molar-refractivity contribution in [3.63, 3.8) is 0 Å². The Morgan fingerprint density at radius 1 is 1.04 bits per heavy atom. The van der Waals surface area contributed by atoms with Gasteiger partial charge in [0.05, 0.1) is 0 Å². The number of anilines is 1. The lowest BCUT2D eigenvalue weighted by Crippen LogP contribution is -2.17. The molecule has 0 fully saturated rings. The van der Waals surface area contributed by atoms with E-state index in [1.165, 1.54) is 36.4 Å². The molecule has 0 saturated carbocycles. The number of ether oxygens (including phenoxy) is 1. The van der Waals surface area contributed by atoms with E-state index >= 15 is 0 Å². The van der Waals surface area contributed by atoms with Crippen LogP contribution in [-0.4, -0.2) is 17.4 Å². The van der Waals surface area contributed by atoms with Crippen LogP contribution in [0.15, 0.2) is 54.6 Å². The van der Waals surface area contributed by atoms with Gasteiger partial charge in [-0.1, -0.05) is 12.1 Å². The second-order valence-electron chi connectivity index (χ2n) is 4.49. The number of amides is 1. The summed E-state index contributed by atoms with van der Waals surface area (Å²) < 4.78 is 39.8. The Labute approximate surface area is 129 Å². The van der Waals surface area contributed by atoms with Crippen LogP contribution in [0.4, 0.5) is 18.9 Å². The lowest BCUT2D eigenvalue weighted by molar-refractivity contribution is -0.274. The Morgan fingerprint density at radius 3 is 2.22 bits per heavy atom. The molecule has 0 aliphatic rings. The summed E-state index contributed by atoms with van der Waals surface area (Å²) in [6.07, 6.45) is -1.94. The smallest absolute Gasteiger partial charge is 0.508 e. The van der Waals surface area contributed by atoms with E-state index in [0.717, 1.165) is 12.1 Å². The number of phenolic OH excluding ortho intramolecular Hbond substituents is 1. The minimum absolute atomic E-state index is 0.118. The van der Waals surface area contributed by atoms with Crippen molar-refractivity contribution in [2.24, 2.45) is 0 Å². The molecule has 1 amide bonds. The van der Waals surface area contributed by atoms with Gasteiger partial charge in [-0.3, -0.25) is 4.79 Å². The lowest BCUT2D eigenvalue weighted by Gasteiger charge is -2.09. The molecule has 0 bridgehead atoms. The first-order valence-corrected chi connectivity index (χ1v) is 6.46. The summed E-state index contributed by atoms with van der Waals surface area (Å²) in [7, 11) is 0. The predicted octanol–water partition coefficient (Wildman–Crippen LogP) is 3.94. The highest BCUT2D eigenvalue weighted by Gasteiger charge is 2.30. The summed E-state index contributed by atoms with van der Waals surface area (Å²) in [6, 6.07) is 11.0. The van der Waals surface area contributed by atoms with Gasteiger partial charge >= 0.3 is 6.36 Å². The summed E-state index contributed by atoms with van der Waals surface area (Å²) >= 11 is 0. The van der Waals surface area contributed by atoms with Crippen LogP contribution in [0.5, 0.6) is 11.5 Å². The summed E-state index contributed by atoms with van der Waals surface area (Å²) in [5.74, 6) is -0.689. The number of rotatable bonds is 4. The summed E-state index contributed by atoms with van der Waals surface area (Å²) in [5, 5.41) is 11.6. The van der Waals surface area contributed by atoms with E-state index in [4.69, 9.17) is 5.11 Å². The molecule has 0 atom stereocenters. The Balaban J connectivity index is 1.93. The van der Waals surface area contributed by atoms with Crippen LogP contribution in [0.2, 0.25) is 0 Å². The van der Waals surface area contributed by atoms with E-state index in [9.17, 15) is 18.0 Å². The number of carbonyl (C=O) groups excluding carboxylic acids is 1. The second kappa shape index (κ2) is 6.87. The van der Waals surface area contributed by atoms with Crippen molar-refractivity contribution >= 4 is 17.7 Å². The van der Waals surface area contributed by atoms with Crippen molar-refractivity contribution in [2.45, 2.75) is 6.36 Å². The van der Waals surface area contributed by atoms with Gasteiger partial charge in [0.25, 0.3) is 0 Å². The fourth-order valence-electron chi connectivity index (χ4n) is 1.68.